The summed E-state index contributed by atoms with van der Waals surface area (Å²) in [5.41, 5.74) is 4.42. The largest absolute Gasteiger partial charge is 0.396 e. The third kappa shape index (κ3) is 1.83. The third-order valence-electron chi connectivity index (χ3n) is 2.96. The van der Waals surface area contributed by atoms with Gasteiger partial charge in [-0.3, -0.25) is 4.99 Å². The van der Waals surface area contributed by atoms with Crippen LogP contribution in [0.5, 0.6) is 0 Å². The number of aliphatic imine (C=N–C) groups is 1. The van der Waals surface area contributed by atoms with Crippen LogP contribution in [0.15, 0.2) is 16.1 Å². The second-order valence-corrected chi connectivity index (χ2v) is 3.88. The summed E-state index contributed by atoms with van der Waals surface area (Å²) >= 11 is 0. The van der Waals surface area contributed by atoms with Gasteiger partial charge in [0.1, 0.15) is 0 Å². The van der Waals surface area contributed by atoms with Crippen LogP contribution in [0, 0.1) is 0 Å². The molecule has 2 heteroatoms. The lowest BCUT2D eigenvalue weighted by molar-refractivity contribution is 0.288. The first-order valence-corrected chi connectivity index (χ1v) is 5.27. The van der Waals surface area contributed by atoms with E-state index in [0.717, 1.165) is 19.4 Å². The van der Waals surface area contributed by atoms with E-state index < -0.39 is 0 Å². The van der Waals surface area contributed by atoms with Crippen LogP contribution in [0.1, 0.15) is 38.5 Å². The molecule has 0 atom stereocenters. The van der Waals surface area contributed by atoms with E-state index in [2.05, 4.69) is 4.99 Å². The highest BCUT2D eigenvalue weighted by atomic mass is 16.2. The summed E-state index contributed by atoms with van der Waals surface area (Å²) in [4.78, 5) is 4.55. The van der Waals surface area contributed by atoms with Gasteiger partial charge in [-0.2, -0.15) is 0 Å². The molecule has 0 spiro atoms. The van der Waals surface area contributed by atoms with Crippen LogP contribution >= 0.6 is 0 Å². The fraction of sp³-hybridized carbons (Fsp3) is 0.727. The minimum absolute atomic E-state index is 0.312. The van der Waals surface area contributed by atoms with E-state index in [-0.39, 0.29) is 0 Å². The molecule has 0 bridgehead atoms. The summed E-state index contributed by atoms with van der Waals surface area (Å²) in [7, 11) is 0. The molecule has 0 unspecified atom stereocenters. The lowest BCUT2D eigenvalue weighted by atomic mass is 9.90. The standard InChI is InChI=1S/C11H17NO/c13-7-3-4-9-8-12-11-6-2-1-5-10(9)11/h13H,1-8H2. The second kappa shape index (κ2) is 4.05. The van der Waals surface area contributed by atoms with Gasteiger partial charge in [-0.1, -0.05) is 0 Å². The zero-order valence-corrected chi connectivity index (χ0v) is 8.05. The maximum Gasteiger partial charge on any atom is 0.0609 e. The molecule has 1 heterocycles. The third-order valence-corrected chi connectivity index (χ3v) is 2.96. The molecule has 1 fully saturated rings. The predicted octanol–water partition coefficient (Wildman–Crippen LogP) is 2.08. The van der Waals surface area contributed by atoms with Crippen molar-refractivity contribution in [1.29, 1.82) is 0 Å². The van der Waals surface area contributed by atoms with Gasteiger partial charge in [-0.05, 0) is 49.7 Å². The van der Waals surface area contributed by atoms with E-state index in [1.807, 2.05) is 0 Å². The second-order valence-electron chi connectivity index (χ2n) is 3.88. The molecule has 2 rings (SSSR count). The van der Waals surface area contributed by atoms with Crippen LogP contribution in [0.25, 0.3) is 0 Å². The van der Waals surface area contributed by atoms with Gasteiger partial charge in [0.15, 0.2) is 0 Å². The van der Waals surface area contributed by atoms with Crippen LogP contribution in [-0.4, -0.2) is 24.0 Å². The minimum atomic E-state index is 0.312. The predicted molar refractivity (Wildman–Crippen MR) is 54.1 cm³/mol. The molecular weight excluding hydrogens is 162 g/mol. The number of fused-ring (bicyclic) bond motifs is 1. The topological polar surface area (TPSA) is 32.6 Å². The van der Waals surface area contributed by atoms with Gasteiger partial charge in [0, 0.05) is 12.3 Å². The lowest BCUT2D eigenvalue weighted by Gasteiger charge is -2.14. The Labute approximate surface area is 79.4 Å². The van der Waals surface area contributed by atoms with Gasteiger partial charge in [-0.15, -0.1) is 0 Å². The fourth-order valence-electron chi connectivity index (χ4n) is 2.25. The zero-order chi connectivity index (χ0) is 9.10. The van der Waals surface area contributed by atoms with E-state index in [1.54, 1.807) is 5.57 Å². The van der Waals surface area contributed by atoms with Crippen molar-refractivity contribution in [2.75, 3.05) is 13.2 Å². The van der Waals surface area contributed by atoms with Crippen molar-refractivity contribution in [2.45, 2.75) is 38.5 Å². The van der Waals surface area contributed by atoms with Crippen molar-refractivity contribution in [3.8, 4) is 0 Å². The van der Waals surface area contributed by atoms with E-state index in [9.17, 15) is 0 Å². The SMILES string of the molecule is OCCCC1=C2CCCCC2=NC1. The molecule has 72 valence electrons. The Balaban J connectivity index is 2.03. The van der Waals surface area contributed by atoms with Crippen LogP contribution in [0.3, 0.4) is 0 Å². The summed E-state index contributed by atoms with van der Waals surface area (Å²) < 4.78 is 0. The van der Waals surface area contributed by atoms with Gasteiger partial charge in [0.25, 0.3) is 0 Å². The molecule has 2 nitrogen and oxygen atoms in total. The Kier molecular flexibility index (Phi) is 2.79. The van der Waals surface area contributed by atoms with Crippen molar-refractivity contribution in [3.63, 3.8) is 0 Å². The monoisotopic (exact) mass is 179 g/mol. The first kappa shape index (κ1) is 8.95. The summed E-state index contributed by atoms with van der Waals surface area (Å²) in [5.74, 6) is 0. The minimum Gasteiger partial charge on any atom is -0.396 e. The highest BCUT2D eigenvalue weighted by Crippen LogP contribution is 2.30. The normalized spacial score (nSPS) is 21.8. The van der Waals surface area contributed by atoms with Crippen molar-refractivity contribution in [1.82, 2.24) is 0 Å². The van der Waals surface area contributed by atoms with E-state index in [0.29, 0.717) is 6.61 Å². The number of hydrogen-bond donors (Lipinski definition) is 1. The van der Waals surface area contributed by atoms with Crippen molar-refractivity contribution >= 4 is 5.71 Å². The number of rotatable bonds is 3. The maximum absolute atomic E-state index is 8.76. The summed E-state index contributed by atoms with van der Waals surface area (Å²) in [5, 5.41) is 8.76. The first-order chi connectivity index (χ1) is 6.42. The van der Waals surface area contributed by atoms with Gasteiger partial charge in [-0.25, -0.2) is 0 Å². The molecule has 1 saturated carbocycles. The molecule has 0 aromatic carbocycles. The quantitative estimate of drug-likeness (QED) is 0.707. The van der Waals surface area contributed by atoms with Gasteiger partial charge < -0.3 is 5.11 Å². The molecule has 0 amide bonds. The van der Waals surface area contributed by atoms with Crippen molar-refractivity contribution in [2.24, 2.45) is 4.99 Å². The molecule has 0 aromatic rings. The van der Waals surface area contributed by atoms with Crippen molar-refractivity contribution < 1.29 is 5.11 Å². The molecule has 1 aliphatic carbocycles. The summed E-state index contributed by atoms with van der Waals surface area (Å²) in [6.07, 6.45) is 7.03. The summed E-state index contributed by atoms with van der Waals surface area (Å²) in [6.45, 7) is 1.23. The summed E-state index contributed by atoms with van der Waals surface area (Å²) in [6, 6.07) is 0. The van der Waals surface area contributed by atoms with E-state index in [1.165, 1.54) is 37.0 Å². The molecule has 0 radical (unpaired) electrons. The Morgan fingerprint density at radius 3 is 2.92 bits per heavy atom. The van der Waals surface area contributed by atoms with E-state index >= 15 is 0 Å². The highest BCUT2D eigenvalue weighted by Gasteiger charge is 2.21. The Hall–Kier alpha value is -0.630. The smallest absolute Gasteiger partial charge is 0.0609 e. The van der Waals surface area contributed by atoms with Gasteiger partial charge in [0.2, 0.25) is 0 Å². The molecule has 2 aliphatic rings. The van der Waals surface area contributed by atoms with Crippen LogP contribution in [-0.2, 0) is 0 Å². The molecule has 1 aliphatic heterocycles. The highest BCUT2D eigenvalue weighted by molar-refractivity contribution is 6.03. The van der Waals surface area contributed by atoms with Crippen LogP contribution < -0.4 is 0 Å². The lowest BCUT2D eigenvalue weighted by Crippen LogP contribution is -2.07. The molecule has 0 saturated heterocycles. The fourth-order valence-corrected chi connectivity index (χ4v) is 2.25. The number of nitrogens with zero attached hydrogens (tertiary/aromatic N) is 1. The van der Waals surface area contributed by atoms with Crippen LogP contribution in [0.2, 0.25) is 0 Å². The number of allylic oxidation sites excluding steroid dienone is 1. The van der Waals surface area contributed by atoms with Gasteiger partial charge in [0.05, 0.1) is 6.54 Å². The molecular formula is C11H17NO. The zero-order valence-electron chi connectivity index (χ0n) is 8.05. The first-order valence-electron chi connectivity index (χ1n) is 5.27. The average Bonchev–Trinajstić information content (AvgIpc) is 2.58. The molecule has 13 heavy (non-hydrogen) atoms. The van der Waals surface area contributed by atoms with E-state index in [4.69, 9.17) is 5.11 Å². The number of aliphatic hydroxyl groups excluding tert-OH is 1. The van der Waals surface area contributed by atoms with Gasteiger partial charge >= 0.3 is 0 Å². The van der Waals surface area contributed by atoms with Crippen molar-refractivity contribution in [3.05, 3.63) is 11.1 Å². The Morgan fingerprint density at radius 2 is 2.08 bits per heavy atom. The molecule has 1 N–H and O–H groups in total. The Morgan fingerprint density at radius 1 is 1.23 bits per heavy atom. The number of hydrogen-bond acceptors (Lipinski definition) is 2. The maximum atomic E-state index is 8.76. The average molecular weight is 179 g/mol. The van der Waals surface area contributed by atoms with Crippen LogP contribution in [0.4, 0.5) is 0 Å². The molecule has 0 aromatic heterocycles. The number of aliphatic hydroxyl groups is 1. The Bertz CT molecular complexity index is 253.